The third-order valence-corrected chi connectivity index (χ3v) is 5.07. The number of hydrogen-bond acceptors (Lipinski definition) is 2. The van der Waals surface area contributed by atoms with Gasteiger partial charge in [0.1, 0.15) is 0 Å². The Morgan fingerprint density at radius 1 is 1.14 bits per heavy atom. The van der Waals surface area contributed by atoms with Crippen LogP contribution in [-0.2, 0) is 4.79 Å². The highest BCUT2D eigenvalue weighted by Crippen LogP contribution is 2.33. The molecule has 1 saturated carbocycles. The van der Waals surface area contributed by atoms with Crippen molar-refractivity contribution in [2.75, 3.05) is 0 Å². The zero-order chi connectivity index (χ0) is 14.7. The summed E-state index contributed by atoms with van der Waals surface area (Å²) >= 11 is 0. The van der Waals surface area contributed by atoms with E-state index in [1.807, 2.05) is 12.1 Å². The monoisotopic (exact) mass is 283 g/mol. The SMILES string of the molecule is CCC1CCCC1NC1=CC(=O)CC(c2ccccc2)C1. The third-order valence-electron chi connectivity index (χ3n) is 5.07. The maximum absolute atomic E-state index is 12.1. The van der Waals surface area contributed by atoms with Crippen molar-refractivity contribution in [3.8, 4) is 0 Å². The van der Waals surface area contributed by atoms with Crippen LogP contribution in [0.5, 0.6) is 0 Å². The fraction of sp³-hybridized carbons (Fsp3) is 0.526. The average molecular weight is 283 g/mol. The molecular formula is C19H25NO. The summed E-state index contributed by atoms with van der Waals surface area (Å²) in [5, 5.41) is 3.69. The smallest absolute Gasteiger partial charge is 0.158 e. The van der Waals surface area contributed by atoms with Gasteiger partial charge >= 0.3 is 0 Å². The molecule has 3 unspecified atom stereocenters. The zero-order valence-corrected chi connectivity index (χ0v) is 12.8. The van der Waals surface area contributed by atoms with Gasteiger partial charge in [0.25, 0.3) is 0 Å². The molecule has 2 heteroatoms. The molecule has 2 aliphatic rings. The summed E-state index contributed by atoms with van der Waals surface area (Å²) in [6.45, 7) is 2.28. The van der Waals surface area contributed by atoms with Crippen molar-refractivity contribution >= 4 is 5.78 Å². The van der Waals surface area contributed by atoms with Crippen LogP contribution in [0.15, 0.2) is 42.1 Å². The first-order chi connectivity index (χ1) is 10.3. The highest BCUT2D eigenvalue weighted by atomic mass is 16.1. The first-order valence-electron chi connectivity index (χ1n) is 8.31. The van der Waals surface area contributed by atoms with E-state index >= 15 is 0 Å². The molecule has 1 aromatic rings. The van der Waals surface area contributed by atoms with Gasteiger partial charge in [-0.15, -0.1) is 0 Å². The molecule has 3 atom stereocenters. The Hall–Kier alpha value is -1.57. The summed E-state index contributed by atoms with van der Waals surface area (Å²) in [5.41, 5.74) is 2.45. The molecule has 0 aliphatic heterocycles. The Kier molecular flexibility index (Phi) is 4.42. The first-order valence-corrected chi connectivity index (χ1v) is 8.31. The second-order valence-corrected chi connectivity index (χ2v) is 6.50. The van der Waals surface area contributed by atoms with Crippen molar-refractivity contribution in [3.05, 3.63) is 47.7 Å². The molecule has 112 valence electrons. The maximum atomic E-state index is 12.1. The summed E-state index contributed by atoms with van der Waals surface area (Å²) in [4.78, 5) is 12.1. The van der Waals surface area contributed by atoms with Crippen LogP contribution in [0.4, 0.5) is 0 Å². The highest BCUT2D eigenvalue weighted by Gasteiger charge is 2.28. The van der Waals surface area contributed by atoms with E-state index in [0.717, 1.165) is 18.0 Å². The Morgan fingerprint density at radius 2 is 1.95 bits per heavy atom. The lowest BCUT2D eigenvalue weighted by atomic mass is 9.85. The lowest BCUT2D eigenvalue weighted by Gasteiger charge is -2.28. The highest BCUT2D eigenvalue weighted by molar-refractivity contribution is 5.92. The second kappa shape index (κ2) is 6.46. The number of ketones is 1. The molecular weight excluding hydrogens is 258 g/mol. The van der Waals surface area contributed by atoms with E-state index in [2.05, 4.69) is 36.5 Å². The number of rotatable bonds is 4. The molecule has 1 N–H and O–H groups in total. The van der Waals surface area contributed by atoms with Gasteiger partial charge in [0.15, 0.2) is 5.78 Å². The fourth-order valence-corrected chi connectivity index (χ4v) is 3.91. The van der Waals surface area contributed by atoms with Crippen LogP contribution in [0, 0.1) is 5.92 Å². The van der Waals surface area contributed by atoms with Gasteiger partial charge < -0.3 is 5.32 Å². The van der Waals surface area contributed by atoms with Crippen molar-refractivity contribution in [1.29, 1.82) is 0 Å². The zero-order valence-electron chi connectivity index (χ0n) is 12.8. The predicted octanol–water partition coefficient (Wildman–Crippen LogP) is 4.19. The molecule has 1 aromatic carbocycles. The van der Waals surface area contributed by atoms with Crippen LogP contribution in [0.25, 0.3) is 0 Å². The predicted molar refractivity (Wildman–Crippen MR) is 86.1 cm³/mol. The van der Waals surface area contributed by atoms with Crippen molar-refractivity contribution < 1.29 is 4.79 Å². The summed E-state index contributed by atoms with van der Waals surface area (Å²) in [6.07, 6.45) is 8.61. The van der Waals surface area contributed by atoms with Gasteiger partial charge in [-0.1, -0.05) is 50.1 Å². The van der Waals surface area contributed by atoms with Crippen molar-refractivity contribution in [3.63, 3.8) is 0 Å². The van der Waals surface area contributed by atoms with E-state index in [0.29, 0.717) is 18.4 Å². The second-order valence-electron chi connectivity index (χ2n) is 6.50. The van der Waals surface area contributed by atoms with Gasteiger partial charge in [-0.3, -0.25) is 4.79 Å². The molecule has 0 saturated heterocycles. The summed E-state index contributed by atoms with van der Waals surface area (Å²) in [5.74, 6) is 1.38. The van der Waals surface area contributed by atoms with E-state index in [1.54, 1.807) is 0 Å². The standard InChI is InChI=1S/C19H25NO/c1-2-14-9-6-10-19(14)20-17-11-16(12-18(21)13-17)15-7-4-3-5-8-15/h3-5,7-8,13-14,16,19-20H,2,6,9-12H2,1H3. The van der Waals surface area contributed by atoms with Crippen LogP contribution < -0.4 is 5.32 Å². The van der Waals surface area contributed by atoms with E-state index in [9.17, 15) is 4.79 Å². The molecule has 21 heavy (non-hydrogen) atoms. The number of carbonyl (C=O) groups is 1. The van der Waals surface area contributed by atoms with E-state index in [1.165, 1.54) is 31.2 Å². The quantitative estimate of drug-likeness (QED) is 0.898. The molecule has 0 aromatic heterocycles. The van der Waals surface area contributed by atoms with Crippen molar-refractivity contribution in [1.82, 2.24) is 5.32 Å². The molecule has 2 aliphatic carbocycles. The Morgan fingerprint density at radius 3 is 2.71 bits per heavy atom. The number of benzene rings is 1. The van der Waals surface area contributed by atoms with Crippen molar-refractivity contribution in [2.45, 2.75) is 57.4 Å². The summed E-state index contributed by atoms with van der Waals surface area (Å²) < 4.78 is 0. The molecule has 0 amide bonds. The van der Waals surface area contributed by atoms with E-state index < -0.39 is 0 Å². The molecule has 3 rings (SSSR count). The van der Waals surface area contributed by atoms with Gasteiger partial charge in [-0.25, -0.2) is 0 Å². The summed E-state index contributed by atoms with van der Waals surface area (Å²) in [6, 6.07) is 11.0. The van der Waals surface area contributed by atoms with Gasteiger partial charge in [0.05, 0.1) is 0 Å². The molecule has 0 bridgehead atoms. The van der Waals surface area contributed by atoms with Crippen molar-refractivity contribution in [2.24, 2.45) is 5.92 Å². The van der Waals surface area contributed by atoms with E-state index in [-0.39, 0.29) is 5.78 Å². The van der Waals surface area contributed by atoms with Crippen LogP contribution >= 0.6 is 0 Å². The number of carbonyl (C=O) groups excluding carboxylic acids is 1. The molecule has 2 nitrogen and oxygen atoms in total. The summed E-state index contributed by atoms with van der Waals surface area (Å²) in [7, 11) is 0. The number of allylic oxidation sites excluding steroid dienone is 2. The third kappa shape index (κ3) is 3.37. The van der Waals surface area contributed by atoms with E-state index in [4.69, 9.17) is 0 Å². The molecule has 0 spiro atoms. The van der Waals surface area contributed by atoms with Gasteiger partial charge in [0.2, 0.25) is 0 Å². The van der Waals surface area contributed by atoms with Crippen LogP contribution in [0.3, 0.4) is 0 Å². The van der Waals surface area contributed by atoms with Crippen LogP contribution in [-0.4, -0.2) is 11.8 Å². The minimum atomic E-state index is 0.267. The number of hydrogen-bond donors (Lipinski definition) is 1. The van der Waals surface area contributed by atoms with Crippen LogP contribution in [0.1, 0.15) is 56.9 Å². The molecule has 1 fully saturated rings. The topological polar surface area (TPSA) is 29.1 Å². The lowest BCUT2D eigenvalue weighted by Crippen LogP contribution is -2.33. The largest absolute Gasteiger partial charge is 0.385 e. The fourth-order valence-electron chi connectivity index (χ4n) is 3.91. The van der Waals surface area contributed by atoms with Gasteiger partial charge in [-0.05, 0) is 36.7 Å². The minimum Gasteiger partial charge on any atom is -0.385 e. The van der Waals surface area contributed by atoms with Gasteiger partial charge in [-0.2, -0.15) is 0 Å². The number of nitrogens with one attached hydrogen (secondary N) is 1. The normalized spacial score (nSPS) is 29.3. The first kappa shape index (κ1) is 14.4. The Bertz CT molecular complexity index is 520. The average Bonchev–Trinajstić information content (AvgIpc) is 2.95. The Labute approximate surface area is 127 Å². The maximum Gasteiger partial charge on any atom is 0.158 e. The molecule has 0 heterocycles. The van der Waals surface area contributed by atoms with Gasteiger partial charge in [0, 0.05) is 24.2 Å². The van der Waals surface area contributed by atoms with Crippen LogP contribution in [0.2, 0.25) is 0 Å². The minimum absolute atomic E-state index is 0.267. The molecule has 0 radical (unpaired) electrons. The lowest BCUT2D eigenvalue weighted by molar-refractivity contribution is -0.115. The Balaban J connectivity index is 1.69.